The van der Waals surface area contributed by atoms with E-state index in [2.05, 4.69) is 20.3 Å². The number of carbonyl (C=O) groups excluding carboxylic acids is 1. The van der Waals surface area contributed by atoms with Gasteiger partial charge in [-0.2, -0.15) is 0 Å². The number of ether oxygens (including phenoxy) is 1. The summed E-state index contributed by atoms with van der Waals surface area (Å²) in [4.78, 5) is 34.5. The number of para-hydroxylation sites is 1. The SMILES string of the molecule is Cc1nc([C@@H](Cc2c[nH]c3ccccc23)NC(=O)OC(C)(C)C)cc(=O)[nH]1. The summed E-state index contributed by atoms with van der Waals surface area (Å²) in [5.74, 6) is 0.493. The Kier molecular flexibility index (Phi) is 5.03. The number of fused-ring (bicyclic) bond motifs is 1. The molecule has 142 valence electrons. The highest BCUT2D eigenvalue weighted by molar-refractivity contribution is 5.83. The maximum Gasteiger partial charge on any atom is 0.408 e. The molecule has 2 heterocycles. The second-order valence-electron chi connectivity index (χ2n) is 7.52. The third-order valence-corrected chi connectivity index (χ3v) is 4.03. The van der Waals surface area contributed by atoms with Crippen molar-refractivity contribution in [3.8, 4) is 0 Å². The lowest BCUT2D eigenvalue weighted by Gasteiger charge is -2.23. The van der Waals surface area contributed by atoms with Crippen LogP contribution in [0.5, 0.6) is 0 Å². The molecule has 0 spiro atoms. The van der Waals surface area contributed by atoms with Gasteiger partial charge in [-0.05, 0) is 39.3 Å². The zero-order valence-electron chi connectivity index (χ0n) is 15.9. The zero-order chi connectivity index (χ0) is 19.6. The van der Waals surface area contributed by atoms with Gasteiger partial charge in [0.1, 0.15) is 11.4 Å². The van der Waals surface area contributed by atoms with E-state index in [0.29, 0.717) is 17.9 Å². The number of hydrogen-bond donors (Lipinski definition) is 3. The van der Waals surface area contributed by atoms with Crippen molar-refractivity contribution in [1.29, 1.82) is 0 Å². The van der Waals surface area contributed by atoms with Gasteiger partial charge in [0.05, 0.1) is 11.7 Å². The van der Waals surface area contributed by atoms with Gasteiger partial charge in [0.25, 0.3) is 5.56 Å². The number of nitrogens with zero attached hydrogens (tertiary/aromatic N) is 1. The van der Waals surface area contributed by atoms with Crippen molar-refractivity contribution in [2.45, 2.75) is 45.8 Å². The Labute approximate surface area is 157 Å². The number of aromatic nitrogens is 3. The van der Waals surface area contributed by atoms with Crippen molar-refractivity contribution in [2.24, 2.45) is 0 Å². The molecular weight excluding hydrogens is 344 g/mol. The highest BCUT2D eigenvalue weighted by atomic mass is 16.6. The summed E-state index contributed by atoms with van der Waals surface area (Å²) in [7, 11) is 0. The molecule has 2 aromatic heterocycles. The third-order valence-electron chi connectivity index (χ3n) is 4.03. The van der Waals surface area contributed by atoms with Crippen LogP contribution in [0.4, 0.5) is 4.79 Å². The molecule has 0 unspecified atom stereocenters. The van der Waals surface area contributed by atoms with Gasteiger partial charge in [0, 0.05) is 29.6 Å². The van der Waals surface area contributed by atoms with Gasteiger partial charge in [-0.3, -0.25) is 4.79 Å². The molecule has 0 bridgehead atoms. The number of H-pyrrole nitrogens is 2. The second kappa shape index (κ2) is 7.26. The number of nitrogens with one attached hydrogen (secondary N) is 3. The average molecular weight is 368 g/mol. The highest BCUT2D eigenvalue weighted by Crippen LogP contribution is 2.24. The van der Waals surface area contributed by atoms with E-state index in [1.165, 1.54) is 6.07 Å². The molecule has 0 fully saturated rings. The molecule has 0 aliphatic heterocycles. The van der Waals surface area contributed by atoms with Crippen LogP contribution in [0.1, 0.15) is 43.9 Å². The topological polar surface area (TPSA) is 99.9 Å². The number of hydrogen-bond acceptors (Lipinski definition) is 4. The first-order valence-corrected chi connectivity index (χ1v) is 8.83. The van der Waals surface area contributed by atoms with E-state index in [1.54, 1.807) is 27.7 Å². The minimum absolute atomic E-state index is 0.257. The number of aryl methyl sites for hydroxylation is 1. The molecule has 1 atom stereocenters. The highest BCUT2D eigenvalue weighted by Gasteiger charge is 2.23. The Hall–Kier alpha value is -3.09. The van der Waals surface area contributed by atoms with Crippen LogP contribution < -0.4 is 10.9 Å². The van der Waals surface area contributed by atoms with E-state index in [4.69, 9.17) is 4.74 Å². The number of benzene rings is 1. The first kappa shape index (κ1) is 18.7. The Morgan fingerprint density at radius 3 is 2.74 bits per heavy atom. The molecule has 0 saturated carbocycles. The molecule has 0 aliphatic rings. The maximum atomic E-state index is 12.3. The molecular formula is C20H24N4O3. The first-order chi connectivity index (χ1) is 12.7. The average Bonchev–Trinajstić information content (AvgIpc) is 2.95. The molecule has 3 rings (SSSR count). The van der Waals surface area contributed by atoms with E-state index < -0.39 is 17.7 Å². The van der Waals surface area contributed by atoms with Crippen molar-refractivity contribution in [2.75, 3.05) is 0 Å². The van der Waals surface area contributed by atoms with E-state index >= 15 is 0 Å². The molecule has 27 heavy (non-hydrogen) atoms. The predicted molar refractivity (Wildman–Crippen MR) is 104 cm³/mol. The summed E-state index contributed by atoms with van der Waals surface area (Å²) in [5, 5.41) is 3.92. The van der Waals surface area contributed by atoms with Crippen molar-refractivity contribution in [1.82, 2.24) is 20.3 Å². The lowest BCUT2D eigenvalue weighted by atomic mass is 10.0. The zero-order valence-corrected chi connectivity index (χ0v) is 15.9. The van der Waals surface area contributed by atoms with Crippen LogP contribution in [0.25, 0.3) is 10.9 Å². The van der Waals surface area contributed by atoms with Crippen molar-refractivity contribution in [3.05, 3.63) is 64.0 Å². The van der Waals surface area contributed by atoms with Crippen LogP contribution >= 0.6 is 0 Å². The second-order valence-corrected chi connectivity index (χ2v) is 7.52. The summed E-state index contributed by atoms with van der Waals surface area (Å²) < 4.78 is 5.39. The minimum atomic E-state index is -0.618. The van der Waals surface area contributed by atoms with Crippen LogP contribution in [0.2, 0.25) is 0 Å². The minimum Gasteiger partial charge on any atom is -0.444 e. The number of amides is 1. The van der Waals surface area contributed by atoms with Crippen LogP contribution in [0.15, 0.2) is 41.3 Å². The van der Waals surface area contributed by atoms with Gasteiger partial charge >= 0.3 is 6.09 Å². The third kappa shape index (κ3) is 4.75. The van der Waals surface area contributed by atoms with Crippen molar-refractivity contribution < 1.29 is 9.53 Å². The van der Waals surface area contributed by atoms with Crippen molar-refractivity contribution in [3.63, 3.8) is 0 Å². The summed E-state index contributed by atoms with van der Waals surface area (Å²) in [6.45, 7) is 7.12. The van der Waals surface area contributed by atoms with Gasteiger partial charge in [-0.1, -0.05) is 18.2 Å². The van der Waals surface area contributed by atoms with E-state index in [9.17, 15) is 9.59 Å². The van der Waals surface area contributed by atoms with Gasteiger partial charge in [-0.15, -0.1) is 0 Å². The molecule has 1 aromatic carbocycles. The maximum absolute atomic E-state index is 12.3. The molecule has 1 amide bonds. The van der Waals surface area contributed by atoms with Crippen LogP contribution in [-0.2, 0) is 11.2 Å². The van der Waals surface area contributed by atoms with Gasteiger partial charge < -0.3 is 20.0 Å². The standard InChI is InChI=1S/C20H24N4O3/c1-12-22-17(10-18(25)23-12)16(24-19(26)27-20(2,3)4)9-13-11-21-15-8-6-5-7-14(13)15/h5-8,10-11,16,21H,9H2,1-4H3,(H,24,26)(H,22,23,25)/t16-/m1/s1. The van der Waals surface area contributed by atoms with Gasteiger partial charge in [-0.25, -0.2) is 9.78 Å². The Morgan fingerprint density at radius 1 is 1.30 bits per heavy atom. The number of carbonyl (C=O) groups is 1. The molecule has 0 aliphatic carbocycles. The molecule has 0 radical (unpaired) electrons. The van der Waals surface area contributed by atoms with Crippen LogP contribution in [-0.4, -0.2) is 26.6 Å². The number of alkyl carbamates (subject to hydrolysis) is 1. The van der Waals surface area contributed by atoms with Gasteiger partial charge in [0.2, 0.25) is 0 Å². The normalized spacial score (nSPS) is 12.7. The monoisotopic (exact) mass is 368 g/mol. The molecule has 0 saturated heterocycles. The largest absolute Gasteiger partial charge is 0.444 e. The quantitative estimate of drug-likeness (QED) is 0.657. The molecule has 3 N–H and O–H groups in total. The summed E-state index contributed by atoms with van der Waals surface area (Å²) in [6.07, 6.45) is 1.83. The lowest BCUT2D eigenvalue weighted by Crippen LogP contribution is -2.36. The molecule has 3 aromatic rings. The van der Waals surface area contributed by atoms with Crippen molar-refractivity contribution >= 4 is 17.0 Å². The van der Waals surface area contributed by atoms with Crippen LogP contribution in [0.3, 0.4) is 0 Å². The Balaban J connectivity index is 1.94. The lowest BCUT2D eigenvalue weighted by molar-refractivity contribution is 0.0502. The Bertz CT molecular complexity index is 1010. The summed E-state index contributed by atoms with van der Waals surface area (Å²) >= 11 is 0. The Morgan fingerprint density at radius 2 is 2.04 bits per heavy atom. The number of aromatic amines is 2. The smallest absolute Gasteiger partial charge is 0.408 e. The van der Waals surface area contributed by atoms with Crippen LogP contribution in [0, 0.1) is 6.92 Å². The fraction of sp³-hybridized carbons (Fsp3) is 0.350. The predicted octanol–water partition coefficient (Wildman–Crippen LogP) is 3.37. The van der Waals surface area contributed by atoms with E-state index in [0.717, 1.165) is 16.5 Å². The molecule has 7 heteroatoms. The summed E-state index contributed by atoms with van der Waals surface area (Å²) in [6, 6.07) is 8.84. The first-order valence-electron chi connectivity index (χ1n) is 8.83. The fourth-order valence-electron chi connectivity index (χ4n) is 2.98. The fourth-order valence-corrected chi connectivity index (χ4v) is 2.98. The van der Waals surface area contributed by atoms with Gasteiger partial charge in [0.15, 0.2) is 0 Å². The van der Waals surface area contributed by atoms with E-state index in [1.807, 2.05) is 30.5 Å². The summed E-state index contributed by atoms with van der Waals surface area (Å²) in [5.41, 5.74) is 1.65. The number of rotatable bonds is 4. The molecule has 7 nitrogen and oxygen atoms in total. The van der Waals surface area contributed by atoms with E-state index in [-0.39, 0.29) is 5.56 Å².